The van der Waals surface area contributed by atoms with Crippen LogP contribution in [0.4, 0.5) is 5.69 Å². The van der Waals surface area contributed by atoms with Gasteiger partial charge in [0.15, 0.2) is 0 Å². The van der Waals surface area contributed by atoms with Crippen molar-refractivity contribution in [3.63, 3.8) is 0 Å². The highest BCUT2D eigenvalue weighted by Crippen LogP contribution is 2.18. The monoisotopic (exact) mass is 337 g/mol. The van der Waals surface area contributed by atoms with Crippen molar-refractivity contribution in [3.05, 3.63) is 47.7 Å². The highest BCUT2D eigenvalue weighted by molar-refractivity contribution is 7.46. The molecule has 2 unspecified atom stereocenters. The van der Waals surface area contributed by atoms with E-state index in [1.807, 2.05) is 43.6 Å². The first-order valence-electron chi connectivity index (χ1n) is 7.06. The molecule has 1 heterocycles. The summed E-state index contributed by atoms with van der Waals surface area (Å²) in [5, 5.41) is 1.90. The molecule has 118 valence electrons. The van der Waals surface area contributed by atoms with Crippen molar-refractivity contribution in [2.24, 2.45) is 5.73 Å². The smallest absolute Gasteiger partial charge is 0.138 e. The summed E-state index contributed by atoms with van der Waals surface area (Å²) in [6, 6.07) is 9.63. The minimum Gasteiger partial charge on any atom is -0.490 e. The largest absolute Gasteiger partial charge is 0.490 e. The molecule has 0 aliphatic carbocycles. The third-order valence-corrected chi connectivity index (χ3v) is 4.31. The van der Waals surface area contributed by atoms with Crippen molar-refractivity contribution in [2.45, 2.75) is 6.04 Å². The minimum absolute atomic E-state index is 0.100. The molecule has 0 saturated carbocycles. The average molecular weight is 338 g/mol. The SMILES string of the molecule is CPc1cncc(OCC(N)CN(C)c2cccc(Cl)c2)c1. The van der Waals surface area contributed by atoms with E-state index < -0.39 is 0 Å². The number of nitrogens with two attached hydrogens (primary N) is 1. The molecule has 0 amide bonds. The zero-order chi connectivity index (χ0) is 15.9. The van der Waals surface area contributed by atoms with E-state index in [1.165, 1.54) is 5.30 Å². The second-order valence-electron chi connectivity index (χ2n) is 5.09. The van der Waals surface area contributed by atoms with Crippen LogP contribution in [0.2, 0.25) is 5.02 Å². The quantitative estimate of drug-likeness (QED) is 0.789. The molecule has 2 aromatic rings. The summed E-state index contributed by atoms with van der Waals surface area (Å²) in [6.45, 7) is 3.25. The molecular weight excluding hydrogens is 317 g/mol. The van der Waals surface area contributed by atoms with Crippen LogP contribution in [0.1, 0.15) is 0 Å². The van der Waals surface area contributed by atoms with Gasteiger partial charge >= 0.3 is 0 Å². The Kier molecular flexibility index (Phi) is 6.44. The van der Waals surface area contributed by atoms with Crippen LogP contribution in [0.3, 0.4) is 0 Å². The molecule has 1 aromatic carbocycles. The lowest BCUT2D eigenvalue weighted by atomic mass is 10.2. The Hall–Kier alpha value is -1.35. The van der Waals surface area contributed by atoms with Crippen molar-refractivity contribution >= 4 is 31.2 Å². The van der Waals surface area contributed by atoms with Crippen LogP contribution >= 0.6 is 20.2 Å². The summed E-state index contributed by atoms with van der Waals surface area (Å²) < 4.78 is 5.73. The Morgan fingerprint density at radius 1 is 1.36 bits per heavy atom. The van der Waals surface area contributed by atoms with Crippen molar-refractivity contribution in [1.82, 2.24) is 4.98 Å². The van der Waals surface area contributed by atoms with E-state index in [0.717, 1.165) is 16.5 Å². The molecule has 0 aliphatic heterocycles. The number of aromatic nitrogens is 1. The van der Waals surface area contributed by atoms with Gasteiger partial charge in [-0.2, -0.15) is 0 Å². The summed E-state index contributed by atoms with van der Waals surface area (Å²) in [6.07, 6.45) is 3.58. The van der Waals surface area contributed by atoms with Crippen LogP contribution in [-0.2, 0) is 0 Å². The second kappa shape index (κ2) is 8.33. The fraction of sp³-hybridized carbons (Fsp3) is 0.312. The normalized spacial score (nSPS) is 12.5. The van der Waals surface area contributed by atoms with Gasteiger partial charge in [0.05, 0.1) is 12.2 Å². The number of rotatable bonds is 7. The van der Waals surface area contributed by atoms with E-state index in [0.29, 0.717) is 21.7 Å². The van der Waals surface area contributed by atoms with Crippen LogP contribution in [0.15, 0.2) is 42.7 Å². The van der Waals surface area contributed by atoms with Crippen LogP contribution in [-0.4, -0.2) is 37.9 Å². The predicted octanol–water partition coefficient (Wildman–Crippen LogP) is 2.51. The summed E-state index contributed by atoms with van der Waals surface area (Å²) in [4.78, 5) is 6.24. The van der Waals surface area contributed by atoms with E-state index in [4.69, 9.17) is 22.1 Å². The molecule has 4 nitrogen and oxygen atoms in total. The van der Waals surface area contributed by atoms with Gasteiger partial charge in [0.25, 0.3) is 0 Å². The van der Waals surface area contributed by atoms with Gasteiger partial charge < -0.3 is 15.4 Å². The number of anilines is 1. The molecule has 0 radical (unpaired) electrons. The van der Waals surface area contributed by atoms with E-state index in [9.17, 15) is 0 Å². The number of halogens is 1. The maximum atomic E-state index is 6.15. The molecular formula is C16H21ClN3OP. The molecule has 0 bridgehead atoms. The van der Waals surface area contributed by atoms with Gasteiger partial charge in [0.2, 0.25) is 0 Å². The predicted molar refractivity (Wildman–Crippen MR) is 96.3 cm³/mol. The van der Waals surface area contributed by atoms with E-state index in [-0.39, 0.29) is 6.04 Å². The zero-order valence-corrected chi connectivity index (χ0v) is 14.5. The first-order chi connectivity index (χ1) is 10.6. The Morgan fingerprint density at radius 3 is 2.91 bits per heavy atom. The van der Waals surface area contributed by atoms with Gasteiger partial charge in [0.1, 0.15) is 12.4 Å². The molecule has 2 rings (SSSR count). The Labute approximate surface area is 138 Å². The summed E-state index contributed by atoms with van der Waals surface area (Å²) in [7, 11) is 2.70. The number of pyridine rings is 1. The number of likely N-dealkylation sites (N-methyl/N-ethyl adjacent to an activating group) is 1. The van der Waals surface area contributed by atoms with Crippen molar-refractivity contribution in [2.75, 3.05) is 31.8 Å². The molecule has 0 spiro atoms. The van der Waals surface area contributed by atoms with Gasteiger partial charge in [0, 0.05) is 30.5 Å². The molecule has 6 heteroatoms. The number of hydrogen-bond donors (Lipinski definition) is 1. The van der Waals surface area contributed by atoms with E-state index in [2.05, 4.69) is 16.5 Å². The average Bonchev–Trinajstić information content (AvgIpc) is 2.53. The number of ether oxygens (including phenoxy) is 1. The van der Waals surface area contributed by atoms with Crippen LogP contribution in [0.5, 0.6) is 5.75 Å². The molecule has 1 aromatic heterocycles. The van der Waals surface area contributed by atoms with Gasteiger partial charge in [-0.05, 0) is 36.2 Å². The fourth-order valence-corrected chi connectivity index (χ4v) is 2.74. The standard InChI is InChI=1S/C16H21ClN3OP/c1-20(14-5-3-4-12(17)6-14)10-13(18)11-21-15-7-16(22-2)9-19-8-15/h3-9,13,22H,10-11,18H2,1-2H3. The number of hydrogen-bond acceptors (Lipinski definition) is 4. The first kappa shape index (κ1) is 17.0. The lowest BCUT2D eigenvalue weighted by Crippen LogP contribution is -2.39. The van der Waals surface area contributed by atoms with Crippen LogP contribution < -0.4 is 20.7 Å². The van der Waals surface area contributed by atoms with Crippen molar-refractivity contribution in [3.8, 4) is 5.75 Å². The lowest BCUT2D eigenvalue weighted by Gasteiger charge is -2.23. The van der Waals surface area contributed by atoms with Gasteiger partial charge in [-0.15, -0.1) is 0 Å². The highest BCUT2D eigenvalue weighted by Gasteiger charge is 2.09. The Morgan fingerprint density at radius 2 is 2.18 bits per heavy atom. The minimum atomic E-state index is -0.100. The van der Waals surface area contributed by atoms with Gasteiger partial charge in [-0.1, -0.05) is 26.2 Å². The Balaban J connectivity index is 1.85. The third-order valence-electron chi connectivity index (χ3n) is 3.22. The van der Waals surface area contributed by atoms with Crippen molar-refractivity contribution in [1.29, 1.82) is 0 Å². The second-order valence-corrected chi connectivity index (χ2v) is 6.60. The van der Waals surface area contributed by atoms with Crippen LogP contribution in [0.25, 0.3) is 0 Å². The highest BCUT2D eigenvalue weighted by atomic mass is 35.5. The van der Waals surface area contributed by atoms with E-state index >= 15 is 0 Å². The summed E-state index contributed by atoms with van der Waals surface area (Å²) in [5.41, 5.74) is 7.19. The fourth-order valence-electron chi connectivity index (χ4n) is 2.06. The molecule has 0 aliphatic rings. The van der Waals surface area contributed by atoms with Crippen molar-refractivity contribution < 1.29 is 4.74 Å². The van der Waals surface area contributed by atoms with Gasteiger partial charge in [-0.25, -0.2) is 0 Å². The zero-order valence-electron chi connectivity index (χ0n) is 12.8. The topological polar surface area (TPSA) is 51.4 Å². The number of benzene rings is 1. The summed E-state index contributed by atoms with van der Waals surface area (Å²) in [5.74, 6) is 0.771. The molecule has 0 saturated heterocycles. The number of nitrogens with zero attached hydrogens (tertiary/aromatic N) is 2. The molecule has 0 fully saturated rings. The third kappa shape index (κ3) is 5.13. The molecule has 2 N–H and O–H groups in total. The first-order valence-corrected chi connectivity index (χ1v) is 8.94. The molecule has 22 heavy (non-hydrogen) atoms. The Bertz CT molecular complexity index is 611. The summed E-state index contributed by atoms with van der Waals surface area (Å²) >= 11 is 6.01. The lowest BCUT2D eigenvalue weighted by molar-refractivity contribution is 0.289. The maximum absolute atomic E-state index is 6.15. The van der Waals surface area contributed by atoms with Crippen LogP contribution in [0, 0.1) is 0 Å². The molecule has 2 atom stereocenters. The maximum Gasteiger partial charge on any atom is 0.138 e. The van der Waals surface area contributed by atoms with Gasteiger partial charge in [-0.3, -0.25) is 4.98 Å². The van der Waals surface area contributed by atoms with E-state index in [1.54, 1.807) is 6.20 Å².